The predicted molar refractivity (Wildman–Crippen MR) is 170 cm³/mol. The van der Waals surface area contributed by atoms with Gasteiger partial charge in [0.1, 0.15) is 32.2 Å². The monoisotopic (exact) mass is 674 g/mol. The summed E-state index contributed by atoms with van der Waals surface area (Å²) in [5, 5.41) is 25.6. The third-order valence-electron chi connectivity index (χ3n) is 6.23. The number of primary amides is 1. The van der Waals surface area contributed by atoms with Crippen molar-refractivity contribution in [3.05, 3.63) is 35.9 Å². The van der Waals surface area contributed by atoms with E-state index in [1.54, 1.807) is 44.2 Å². The SMILES string of the molecule is [B]C(C)(OCNC(=O)CNC(=O)C(Cc1ccccc1)NC(=O)CNC(=O)CNC(=O)C(CNCC(=O)O)NC(=O)CC(C)C)C(N)=O. The Bertz CT molecular complexity index is 1300. The largest absolute Gasteiger partial charge is 0.480 e. The molecule has 18 nitrogen and oxygen atoms in total. The van der Waals surface area contributed by atoms with Gasteiger partial charge in [-0.05, 0) is 18.4 Å². The van der Waals surface area contributed by atoms with E-state index in [9.17, 15) is 38.4 Å². The van der Waals surface area contributed by atoms with E-state index in [-0.39, 0.29) is 25.3 Å². The lowest BCUT2D eigenvalue weighted by Crippen LogP contribution is -2.54. The highest BCUT2D eigenvalue weighted by molar-refractivity contribution is 6.26. The molecule has 0 bridgehead atoms. The van der Waals surface area contributed by atoms with Crippen molar-refractivity contribution in [2.24, 2.45) is 11.7 Å². The van der Waals surface area contributed by atoms with Crippen LogP contribution in [-0.2, 0) is 49.5 Å². The summed E-state index contributed by atoms with van der Waals surface area (Å²) in [5.41, 5.74) is 3.94. The average Bonchev–Trinajstić information content (AvgIpc) is 3.00. The molecule has 1 rings (SSSR count). The van der Waals surface area contributed by atoms with Crippen molar-refractivity contribution in [1.82, 2.24) is 37.2 Å². The number of carboxylic acid groups (broad SMARTS) is 1. The third-order valence-corrected chi connectivity index (χ3v) is 6.23. The third kappa shape index (κ3) is 17.6. The van der Waals surface area contributed by atoms with Gasteiger partial charge in [0, 0.05) is 19.4 Å². The van der Waals surface area contributed by atoms with Crippen LogP contribution in [0, 0.1) is 5.92 Å². The Balaban J connectivity index is 2.69. The van der Waals surface area contributed by atoms with Crippen LogP contribution in [-0.4, -0.2) is 117 Å². The number of hydrogen-bond donors (Lipinski definition) is 9. The Kier molecular flexibility index (Phi) is 17.9. The molecule has 3 unspecified atom stereocenters. The number of nitrogens with two attached hydrogens (primary N) is 1. The Morgan fingerprint density at radius 1 is 0.792 bits per heavy atom. The molecule has 2 radical (unpaired) electrons. The number of carbonyl (C=O) groups is 8. The highest BCUT2D eigenvalue weighted by Crippen LogP contribution is 2.04. The second-order valence-electron chi connectivity index (χ2n) is 11.1. The molecule has 0 aliphatic rings. The second-order valence-corrected chi connectivity index (χ2v) is 11.1. The standard InChI is InChI=1S/C29H43BN8O10/c1-17(2)9-21(39)38-20(11-32-15-25(43)44)27(46)35-12-22(40)33-14-24(42)37-19(10-18-7-5-4-6-8-18)26(45)34-13-23(41)36-16-48-29(3,30)28(31)47/h4-8,17,19-20,32H,9-16H2,1-3H3,(H2,31,47)(H,33,40)(H,34,45)(H,35,46)(H,36,41)(H,37,42)(H,38,39)(H,43,44). The predicted octanol–water partition coefficient (Wildman–Crippen LogP) is -4.27. The zero-order chi connectivity index (χ0) is 36.3. The number of rotatable bonds is 22. The molecule has 0 aromatic heterocycles. The fraction of sp³-hybridized carbons (Fsp3) is 0.517. The number of benzene rings is 1. The maximum Gasteiger partial charge on any atom is 0.317 e. The number of amides is 7. The second kappa shape index (κ2) is 21.0. The fourth-order valence-corrected chi connectivity index (χ4v) is 3.68. The summed E-state index contributed by atoms with van der Waals surface area (Å²) in [7, 11) is 5.53. The zero-order valence-corrected chi connectivity index (χ0v) is 27.1. The van der Waals surface area contributed by atoms with Gasteiger partial charge in [-0.25, -0.2) is 0 Å². The van der Waals surface area contributed by atoms with Crippen LogP contribution in [0.5, 0.6) is 0 Å². The average molecular weight is 675 g/mol. The van der Waals surface area contributed by atoms with Gasteiger partial charge in [0.15, 0.2) is 0 Å². The van der Waals surface area contributed by atoms with Crippen LogP contribution in [0.15, 0.2) is 30.3 Å². The van der Waals surface area contributed by atoms with E-state index in [4.69, 9.17) is 23.4 Å². The topological polar surface area (TPSA) is 276 Å². The van der Waals surface area contributed by atoms with Gasteiger partial charge < -0.3 is 52.8 Å². The summed E-state index contributed by atoms with van der Waals surface area (Å²) in [4.78, 5) is 96.9. The maximum atomic E-state index is 12.9. The first kappa shape index (κ1) is 41.0. The van der Waals surface area contributed by atoms with E-state index >= 15 is 0 Å². The van der Waals surface area contributed by atoms with E-state index in [1.165, 1.54) is 6.92 Å². The summed E-state index contributed by atoms with van der Waals surface area (Å²) in [6.07, 6.45) is 0.160. The first-order valence-corrected chi connectivity index (χ1v) is 14.9. The van der Waals surface area contributed by atoms with Crippen molar-refractivity contribution in [3.8, 4) is 0 Å². The Hall–Kier alpha value is -5.04. The summed E-state index contributed by atoms with van der Waals surface area (Å²) in [5.74, 6) is -6.25. The molecule has 0 saturated carbocycles. The van der Waals surface area contributed by atoms with Crippen LogP contribution in [0.1, 0.15) is 32.8 Å². The van der Waals surface area contributed by atoms with Crippen LogP contribution in [0.3, 0.4) is 0 Å². The number of aliphatic carboxylic acids is 1. The molecular formula is C29H43BN8O10. The van der Waals surface area contributed by atoms with Crippen molar-refractivity contribution < 1.29 is 48.2 Å². The lowest BCUT2D eigenvalue weighted by molar-refractivity contribution is -0.136. The Morgan fingerprint density at radius 3 is 1.90 bits per heavy atom. The molecule has 0 aliphatic heterocycles. The summed E-state index contributed by atoms with van der Waals surface area (Å²) < 4.78 is 4.99. The summed E-state index contributed by atoms with van der Waals surface area (Å²) in [6.45, 7) is 2.01. The molecule has 1 aromatic carbocycles. The van der Waals surface area contributed by atoms with E-state index in [1.807, 2.05) is 0 Å². The maximum absolute atomic E-state index is 12.9. The van der Waals surface area contributed by atoms with Gasteiger partial charge in [-0.15, -0.1) is 0 Å². The fourth-order valence-electron chi connectivity index (χ4n) is 3.68. The van der Waals surface area contributed by atoms with Crippen molar-refractivity contribution in [2.75, 3.05) is 39.5 Å². The molecule has 0 spiro atoms. The summed E-state index contributed by atoms with van der Waals surface area (Å²) in [6, 6.07) is 6.34. The number of carbonyl (C=O) groups excluding carboxylic acids is 7. The highest BCUT2D eigenvalue weighted by Gasteiger charge is 2.26. The molecule has 0 saturated heterocycles. The summed E-state index contributed by atoms with van der Waals surface area (Å²) >= 11 is 0. The molecule has 0 heterocycles. The number of carboxylic acids is 1. The van der Waals surface area contributed by atoms with Gasteiger partial charge >= 0.3 is 5.97 Å². The number of nitrogens with one attached hydrogen (secondary N) is 7. The van der Waals surface area contributed by atoms with E-state index in [2.05, 4.69) is 37.2 Å². The number of ether oxygens (including phenoxy) is 1. The van der Waals surface area contributed by atoms with Crippen LogP contribution in [0.2, 0.25) is 0 Å². The lowest BCUT2D eigenvalue weighted by Gasteiger charge is -2.22. The van der Waals surface area contributed by atoms with Crippen LogP contribution in [0.4, 0.5) is 0 Å². The van der Waals surface area contributed by atoms with Crippen molar-refractivity contribution in [1.29, 1.82) is 0 Å². The van der Waals surface area contributed by atoms with Crippen LogP contribution >= 0.6 is 0 Å². The van der Waals surface area contributed by atoms with Crippen LogP contribution in [0.25, 0.3) is 0 Å². The minimum Gasteiger partial charge on any atom is -0.480 e. The molecule has 0 fully saturated rings. The van der Waals surface area contributed by atoms with Gasteiger partial charge in [0.05, 0.1) is 26.2 Å². The van der Waals surface area contributed by atoms with Gasteiger partial charge in [-0.3, -0.25) is 38.4 Å². The smallest absolute Gasteiger partial charge is 0.317 e. The first-order valence-electron chi connectivity index (χ1n) is 14.9. The zero-order valence-electron chi connectivity index (χ0n) is 27.1. The Labute approximate surface area is 278 Å². The first-order chi connectivity index (χ1) is 22.5. The van der Waals surface area contributed by atoms with E-state index < -0.39 is 97.8 Å². The van der Waals surface area contributed by atoms with E-state index in [0.717, 1.165) is 0 Å². The molecule has 10 N–H and O–H groups in total. The molecule has 19 heteroatoms. The highest BCUT2D eigenvalue weighted by atomic mass is 16.5. The molecule has 0 aliphatic carbocycles. The van der Waals surface area contributed by atoms with Gasteiger partial charge in [0.25, 0.3) is 0 Å². The minimum absolute atomic E-state index is 0.0000563. The van der Waals surface area contributed by atoms with E-state index in [0.29, 0.717) is 5.56 Å². The number of hydrogen-bond acceptors (Lipinski definition) is 10. The molecular weight excluding hydrogens is 631 g/mol. The quantitative estimate of drug-likeness (QED) is 0.0419. The van der Waals surface area contributed by atoms with Crippen molar-refractivity contribution >= 4 is 55.2 Å². The molecule has 3 atom stereocenters. The normalized spacial score (nSPS) is 13.2. The van der Waals surface area contributed by atoms with Crippen molar-refractivity contribution in [2.45, 2.75) is 51.2 Å². The molecule has 48 heavy (non-hydrogen) atoms. The van der Waals surface area contributed by atoms with Crippen LogP contribution < -0.4 is 43.0 Å². The molecule has 262 valence electrons. The Morgan fingerprint density at radius 2 is 1.33 bits per heavy atom. The van der Waals surface area contributed by atoms with Gasteiger partial charge in [-0.1, -0.05) is 44.2 Å². The molecule has 1 aromatic rings. The minimum atomic E-state index is -1.82. The van der Waals surface area contributed by atoms with Gasteiger partial charge in [-0.2, -0.15) is 0 Å². The molecule has 7 amide bonds. The van der Waals surface area contributed by atoms with Crippen molar-refractivity contribution in [3.63, 3.8) is 0 Å². The lowest BCUT2D eigenvalue weighted by atomic mass is 9.83. The van der Waals surface area contributed by atoms with Gasteiger partial charge in [0.2, 0.25) is 41.4 Å².